The maximum absolute atomic E-state index is 12.1. The number of sulfonamides is 1. The van der Waals surface area contributed by atoms with Crippen molar-refractivity contribution in [1.82, 2.24) is 14.7 Å². The van der Waals surface area contributed by atoms with Crippen molar-refractivity contribution >= 4 is 26.0 Å². The summed E-state index contributed by atoms with van der Waals surface area (Å²) < 4.78 is 27.5. The van der Waals surface area contributed by atoms with E-state index < -0.39 is 10.0 Å². The number of imidazole rings is 1. The van der Waals surface area contributed by atoms with Gasteiger partial charge < -0.3 is 4.98 Å². The van der Waals surface area contributed by atoms with Crippen LogP contribution in [0.25, 0.3) is 0 Å². The molecular formula is C11H12BrN3O2S. The van der Waals surface area contributed by atoms with Gasteiger partial charge in [0.1, 0.15) is 5.82 Å². The number of aromatic amines is 1. The van der Waals surface area contributed by atoms with E-state index in [1.54, 1.807) is 37.5 Å². The van der Waals surface area contributed by atoms with Crippen molar-refractivity contribution in [2.45, 2.75) is 18.4 Å². The third-order valence-electron chi connectivity index (χ3n) is 2.42. The molecular weight excluding hydrogens is 318 g/mol. The van der Waals surface area contributed by atoms with Crippen molar-refractivity contribution < 1.29 is 8.42 Å². The maximum atomic E-state index is 12.1. The summed E-state index contributed by atoms with van der Waals surface area (Å²) in [5.41, 5.74) is 0.699. The normalized spacial score (nSPS) is 11.7. The number of aromatic nitrogens is 2. The van der Waals surface area contributed by atoms with Gasteiger partial charge in [0.05, 0.1) is 11.4 Å². The SMILES string of the molecule is Cc1ccc(Br)cc1S(=O)(=O)NCc1ncc[nH]1. The van der Waals surface area contributed by atoms with E-state index in [0.717, 1.165) is 4.47 Å². The summed E-state index contributed by atoms with van der Waals surface area (Å²) in [6.45, 7) is 1.90. The van der Waals surface area contributed by atoms with Crippen LogP contribution in [0.15, 0.2) is 40.0 Å². The molecule has 1 heterocycles. The zero-order chi connectivity index (χ0) is 13.2. The topological polar surface area (TPSA) is 74.8 Å². The van der Waals surface area contributed by atoms with E-state index in [4.69, 9.17) is 0 Å². The Bertz CT molecular complexity index is 638. The van der Waals surface area contributed by atoms with Crippen LogP contribution in [0.4, 0.5) is 0 Å². The van der Waals surface area contributed by atoms with E-state index >= 15 is 0 Å². The van der Waals surface area contributed by atoms with Gasteiger partial charge in [-0.15, -0.1) is 0 Å². The van der Waals surface area contributed by atoms with Gasteiger partial charge in [0.15, 0.2) is 0 Å². The van der Waals surface area contributed by atoms with Crippen molar-refractivity contribution in [2.24, 2.45) is 0 Å². The summed E-state index contributed by atoms with van der Waals surface area (Å²) >= 11 is 3.27. The summed E-state index contributed by atoms with van der Waals surface area (Å²) in [6.07, 6.45) is 3.22. The highest BCUT2D eigenvalue weighted by molar-refractivity contribution is 9.10. The van der Waals surface area contributed by atoms with Gasteiger partial charge in [-0.1, -0.05) is 22.0 Å². The highest BCUT2D eigenvalue weighted by atomic mass is 79.9. The van der Waals surface area contributed by atoms with Crippen molar-refractivity contribution in [2.75, 3.05) is 0 Å². The first-order valence-corrected chi connectivity index (χ1v) is 7.51. The third-order valence-corrected chi connectivity index (χ3v) is 4.46. The smallest absolute Gasteiger partial charge is 0.241 e. The van der Waals surface area contributed by atoms with Gasteiger partial charge in [-0.2, -0.15) is 0 Å². The number of benzene rings is 1. The average molecular weight is 330 g/mol. The summed E-state index contributed by atoms with van der Waals surface area (Å²) in [4.78, 5) is 7.07. The number of aryl methyl sites for hydroxylation is 1. The number of nitrogens with one attached hydrogen (secondary N) is 2. The first kappa shape index (κ1) is 13.3. The molecule has 0 saturated carbocycles. The Morgan fingerprint density at radius 2 is 2.22 bits per heavy atom. The minimum absolute atomic E-state index is 0.140. The van der Waals surface area contributed by atoms with Crippen LogP contribution in [0.3, 0.4) is 0 Å². The number of nitrogens with zero attached hydrogens (tertiary/aromatic N) is 1. The second-order valence-electron chi connectivity index (χ2n) is 3.77. The monoisotopic (exact) mass is 329 g/mol. The lowest BCUT2D eigenvalue weighted by molar-refractivity contribution is 0.579. The molecule has 0 spiro atoms. The molecule has 0 aliphatic carbocycles. The largest absolute Gasteiger partial charge is 0.347 e. The van der Waals surface area contributed by atoms with Crippen molar-refractivity contribution in [3.8, 4) is 0 Å². The Balaban J connectivity index is 2.22. The molecule has 1 aromatic carbocycles. The Kier molecular flexibility index (Phi) is 3.84. The van der Waals surface area contributed by atoms with Gasteiger partial charge in [0, 0.05) is 16.9 Å². The van der Waals surface area contributed by atoms with Gasteiger partial charge in [-0.3, -0.25) is 0 Å². The van der Waals surface area contributed by atoms with Gasteiger partial charge in [-0.05, 0) is 24.6 Å². The molecule has 1 aromatic heterocycles. The molecule has 0 saturated heterocycles. The van der Waals surface area contributed by atoms with Crippen molar-refractivity contribution in [3.05, 3.63) is 46.5 Å². The van der Waals surface area contributed by atoms with E-state index in [9.17, 15) is 8.42 Å². The highest BCUT2D eigenvalue weighted by Crippen LogP contribution is 2.20. The lowest BCUT2D eigenvalue weighted by atomic mass is 10.2. The molecule has 0 unspecified atom stereocenters. The predicted molar refractivity (Wildman–Crippen MR) is 71.5 cm³/mol. The lowest BCUT2D eigenvalue weighted by Gasteiger charge is -2.08. The zero-order valence-corrected chi connectivity index (χ0v) is 12.0. The molecule has 0 radical (unpaired) electrons. The molecule has 0 fully saturated rings. The maximum Gasteiger partial charge on any atom is 0.241 e. The zero-order valence-electron chi connectivity index (χ0n) is 9.64. The van der Waals surface area contributed by atoms with Gasteiger partial charge in [0.25, 0.3) is 0 Å². The van der Waals surface area contributed by atoms with E-state index in [-0.39, 0.29) is 11.4 Å². The molecule has 7 heteroatoms. The molecule has 0 aliphatic rings. The van der Waals surface area contributed by atoms with Crippen LogP contribution >= 0.6 is 15.9 Å². The molecule has 0 bridgehead atoms. The average Bonchev–Trinajstić information content (AvgIpc) is 2.83. The standard InChI is InChI=1S/C11H12BrN3O2S/c1-8-2-3-9(12)6-10(8)18(16,17)15-7-11-13-4-5-14-11/h2-6,15H,7H2,1H3,(H,13,14). The van der Waals surface area contributed by atoms with Crippen LogP contribution in [-0.4, -0.2) is 18.4 Å². The van der Waals surface area contributed by atoms with Crippen LogP contribution in [0.5, 0.6) is 0 Å². The molecule has 5 nitrogen and oxygen atoms in total. The van der Waals surface area contributed by atoms with E-state index in [2.05, 4.69) is 30.6 Å². The Morgan fingerprint density at radius 1 is 1.44 bits per heavy atom. The minimum atomic E-state index is -3.53. The van der Waals surface area contributed by atoms with Gasteiger partial charge in [0.2, 0.25) is 10.0 Å². The molecule has 0 amide bonds. The van der Waals surface area contributed by atoms with Gasteiger partial charge in [-0.25, -0.2) is 18.1 Å². The fourth-order valence-electron chi connectivity index (χ4n) is 1.50. The second kappa shape index (κ2) is 5.21. The fourth-order valence-corrected chi connectivity index (χ4v) is 3.27. The second-order valence-corrected chi connectivity index (χ2v) is 6.42. The number of hydrogen-bond acceptors (Lipinski definition) is 3. The Labute approximate surface area is 114 Å². The molecule has 18 heavy (non-hydrogen) atoms. The Morgan fingerprint density at radius 3 is 2.89 bits per heavy atom. The molecule has 0 aliphatic heterocycles. The first-order chi connectivity index (χ1) is 8.49. The van der Waals surface area contributed by atoms with E-state index in [0.29, 0.717) is 11.4 Å². The molecule has 2 rings (SSSR count). The highest BCUT2D eigenvalue weighted by Gasteiger charge is 2.17. The number of rotatable bonds is 4. The van der Waals surface area contributed by atoms with Crippen molar-refractivity contribution in [3.63, 3.8) is 0 Å². The van der Waals surface area contributed by atoms with E-state index in [1.165, 1.54) is 0 Å². The molecule has 0 atom stereocenters. The summed E-state index contributed by atoms with van der Waals surface area (Å²) in [5, 5.41) is 0. The van der Waals surface area contributed by atoms with Crippen molar-refractivity contribution in [1.29, 1.82) is 0 Å². The summed E-state index contributed by atoms with van der Waals surface area (Å²) in [5.74, 6) is 0.575. The summed E-state index contributed by atoms with van der Waals surface area (Å²) in [7, 11) is -3.53. The fraction of sp³-hybridized carbons (Fsp3) is 0.182. The van der Waals surface area contributed by atoms with Crippen LogP contribution in [0, 0.1) is 6.92 Å². The molecule has 2 aromatic rings. The quantitative estimate of drug-likeness (QED) is 0.900. The minimum Gasteiger partial charge on any atom is -0.347 e. The third kappa shape index (κ3) is 2.98. The number of H-pyrrole nitrogens is 1. The van der Waals surface area contributed by atoms with Crippen LogP contribution in [0.1, 0.15) is 11.4 Å². The number of halogens is 1. The van der Waals surface area contributed by atoms with Crippen LogP contribution < -0.4 is 4.72 Å². The van der Waals surface area contributed by atoms with E-state index in [1.807, 2.05) is 0 Å². The Hall–Kier alpha value is -1.18. The number of hydrogen-bond donors (Lipinski definition) is 2. The lowest BCUT2D eigenvalue weighted by Crippen LogP contribution is -2.24. The molecule has 2 N–H and O–H groups in total. The van der Waals surface area contributed by atoms with Gasteiger partial charge >= 0.3 is 0 Å². The first-order valence-electron chi connectivity index (χ1n) is 5.23. The van der Waals surface area contributed by atoms with Crippen LogP contribution in [0.2, 0.25) is 0 Å². The predicted octanol–water partition coefficient (Wildman–Crippen LogP) is 1.96. The summed E-state index contributed by atoms with van der Waals surface area (Å²) in [6, 6.07) is 5.15. The molecule has 96 valence electrons. The van der Waals surface area contributed by atoms with Crippen LogP contribution in [-0.2, 0) is 16.6 Å².